The van der Waals surface area contributed by atoms with Crippen molar-refractivity contribution in [3.8, 4) is 0 Å². The predicted molar refractivity (Wildman–Crippen MR) is 110 cm³/mol. The molecule has 1 saturated heterocycles. The number of carbonyl (C=O) groups excluding carboxylic acids is 2. The lowest BCUT2D eigenvalue weighted by atomic mass is 9.92. The monoisotopic (exact) mass is 394 g/mol. The molecule has 1 radical (unpaired) electrons. The SMILES string of the molecule is NC(=O)c1cc(C2(CN3CCCC3)CC2)ccc1NC(=O)[CH]c1ccccc1F. The predicted octanol–water partition coefficient (Wildman–Crippen LogP) is 3.24. The van der Waals surface area contributed by atoms with Crippen LogP contribution in [-0.2, 0) is 10.2 Å². The van der Waals surface area contributed by atoms with Crippen LogP contribution in [0.3, 0.4) is 0 Å². The van der Waals surface area contributed by atoms with Gasteiger partial charge in [0.15, 0.2) is 0 Å². The molecule has 2 fully saturated rings. The van der Waals surface area contributed by atoms with E-state index in [4.69, 9.17) is 5.73 Å². The van der Waals surface area contributed by atoms with Crippen molar-refractivity contribution in [2.24, 2.45) is 5.73 Å². The molecule has 3 N–H and O–H groups in total. The Kier molecular flexibility index (Phi) is 5.37. The summed E-state index contributed by atoms with van der Waals surface area (Å²) in [5.41, 5.74) is 7.58. The van der Waals surface area contributed by atoms with Crippen LogP contribution >= 0.6 is 0 Å². The van der Waals surface area contributed by atoms with E-state index < -0.39 is 17.6 Å². The van der Waals surface area contributed by atoms with Gasteiger partial charge in [0.1, 0.15) is 5.82 Å². The van der Waals surface area contributed by atoms with Crippen LogP contribution in [0.5, 0.6) is 0 Å². The van der Waals surface area contributed by atoms with Gasteiger partial charge < -0.3 is 16.0 Å². The van der Waals surface area contributed by atoms with Gasteiger partial charge in [-0.05, 0) is 62.5 Å². The first-order chi connectivity index (χ1) is 14.0. The van der Waals surface area contributed by atoms with Gasteiger partial charge in [0.05, 0.1) is 17.7 Å². The highest BCUT2D eigenvalue weighted by molar-refractivity contribution is 6.06. The van der Waals surface area contributed by atoms with Gasteiger partial charge in [-0.2, -0.15) is 0 Å². The molecule has 0 spiro atoms. The number of rotatable bonds is 7. The second-order valence-electron chi connectivity index (χ2n) is 8.04. The summed E-state index contributed by atoms with van der Waals surface area (Å²) in [5.74, 6) is -1.58. The summed E-state index contributed by atoms with van der Waals surface area (Å²) in [4.78, 5) is 26.9. The zero-order valence-corrected chi connectivity index (χ0v) is 16.3. The summed E-state index contributed by atoms with van der Waals surface area (Å²) in [5, 5.41) is 2.67. The number of anilines is 1. The second-order valence-corrected chi connectivity index (χ2v) is 8.04. The van der Waals surface area contributed by atoms with Crippen LogP contribution in [0, 0.1) is 12.2 Å². The van der Waals surface area contributed by atoms with E-state index >= 15 is 0 Å². The van der Waals surface area contributed by atoms with Gasteiger partial charge in [-0.3, -0.25) is 9.59 Å². The van der Waals surface area contributed by atoms with Gasteiger partial charge in [-0.25, -0.2) is 4.39 Å². The maximum absolute atomic E-state index is 13.8. The third-order valence-corrected chi connectivity index (χ3v) is 5.93. The maximum atomic E-state index is 13.8. The van der Waals surface area contributed by atoms with Crippen molar-refractivity contribution in [3.63, 3.8) is 0 Å². The first-order valence-corrected chi connectivity index (χ1v) is 10.0. The number of likely N-dealkylation sites (tertiary alicyclic amines) is 1. The average molecular weight is 394 g/mol. The summed E-state index contributed by atoms with van der Waals surface area (Å²) in [6, 6.07) is 11.5. The molecule has 0 aromatic heterocycles. The zero-order valence-electron chi connectivity index (χ0n) is 16.3. The van der Waals surface area contributed by atoms with Gasteiger partial charge in [-0.15, -0.1) is 0 Å². The molecule has 1 aliphatic heterocycles. The number of benzene rings is 2. The number of primary amides is 1. The maximum Gasteiger partial charge on any atom is 0.250 e. The third kappa shape index (κ3) is 4.32. The minimum atomic E-state index is -0.593. The van der Waals surface area contributed by atoms with Crippen LogP contribution in [0.15, 0.2) is 42.5 Å². The molecule has 2 aromatic rings. The van der Waals surface area contributed by atoms with Gasteiger partial charge in [0.2, 0.25) is 5.91 Å². The Morgan fingerprint density at radius 1 is 1.14 bits per heavy atom. The van der Waals surface area contributed by atoms with E-state index in [9.17, 15) is 14.0 Å². The van der Waals surface area contributed by atoms with Crippen molar-refractivity contribution >= 4 is 17.5 Å². The van der Waals surface area contributed by atoms with E-state index in [0.717, 1.165) is 38.0 Å². The summed E-state index contributed by atoms with van der Waals surface area (Å²) in [6.07, 6.45) is 5.84. The third-order valence-electron chi connectivity index (χ3n) is 5.93. The largest absolute Gasteiger partial charge is 0.366 e. The lowest BCUT2D eigenvalue weighted by molar-refractivity contribution is -0.112. The number of nitrogens with zero attached hydrogens (tertiary/aromatic N) is 1. The summed E-state index contributed by atoms with van der Waals surface area (Å²) in [6.45, 7) is 3.26. The minimum Gasteiger partial charge on any atom is -0.366 e. The number of halogens is 1. The molecule has 0 atom stereocenters. The second kappa shape index (κ2) is 7.95. The first-order valence-electron chi connectivity index (χ1n) is 10.0. The molecular formula is C23H25FN3O2. The van der Waals surface area contributed by atoms with E-state index in [0.29, 0.717) is 5.69 Å². The van der Waals surface area contributed by atoms with Crippen molar-refractivity contribution in [2.75, 3.05) is 25.0 Å². The highest BCUT2D eigenvalue weighted by Crippen LogP contribution is 2.49. The fourth-order valence-electron chi connectivity index (χ4n) is 4.15. The minimum absolute atomic E-state index is 0.0797. The topological polar surface area (TPSA) is 75.4 Å². The molecule has 29 heavy (non-hydrogen) atoms. The van der Waals surface area contributed by atoms with E-state index in [-0.39, 0.29) is 16.5 Å². The molecule has 4 rings (SSSR count). The molecule has 0 unspecified atom stereocenters. The smallest absolute Gasteiger partial charge is 0.250 e. The van der Waals surface area contributed by atoms with E-state index in [1.54, 1.807) is 18.2 Å². The lowest BCUT2D eigenvalue weighted by Crippen LogP contribution is -2.30. The van der Waals surface area contributed by atoms with Crippen molar-refractivity contribution < 1.29 is 14.0 Å². The molecule has 6 heteroatoms. The number of hydrogen-bond donors (Lipinski definition) is 2. The highest BCUT2D eigenvalue weighted by atomic mass is 19.1. The summed E-state index contributed by atoms with van der Waals surface area (Å²) < 4.78 is 13.8. The highest BCUT2D eigenvalue weighted by Gasteiger charge is 2.46. The molecule has 151 valence electrons. The molecule has 2 aliphatic rings. The molecule has 0 bridgehead atoms. The standard InChI is InChI=1S/C23H25FN3O2/c24-19-6-2-1-5-16(19)13-21(28)26-20-8-7-17(14-18(20)22(25)29)23(9-10-23)15-27-11-3-4-12-27/h1-2,5-8,13-14H,3-4,9-12,15H2,(H2,25,29)(H,26,28). The number of hydrogen-bond acceptors (Lipinski definition) is 3. The molecule has 2 amide bonds. The fraction of sp³-hybridized carbons (Fsp3) is 0.348. The Labute approximate surface area is 170 Å². The van der Waals surface area contributed by atoms with Crippen LogP contribution in [0.4, 0.5) is 10.1 Å². The average Bonchev–Trinajstić information content (AvgIpc) is 3.29. The van der Waals surface area contributed by atoms with Crippen molar-refractivity contribution in [1.82, 2.24) is 4.90 Å². The van der Waals surface area contributed by atoms with Gasteiger partial charge in [0, 0.05) is 17.5 Å². The molecule has 1 saturated carbocycles. The normalized spacial score (nSPS) is 17.8. The van der Waals surface area contributed by atoms with Gasteiger partial charge >= 0.3 is 0 Å². The van der Waals surface area contributed by atoms with Crippen LogP contribution in [0.1, 0.15) is 47.2 Å². The van der Waals surface area contributed by atoms with E-state index in [1.165, 1.54) is 31.4 Å². The fourth-order valence-corrected chi connectivity index (χ4v) is 4.15. The molecular weight excluding hydrogens is 369 g/mol. The van der Waals surface area contributed by atoms with E-state index in [2.05, 4.69) is 10.2 Å². The Hall–Kier alpha value is -2.73. The van der Waals surface area contributed by atoms with Crippen molar-refractivity contribution in [2.45, 2.75) is 31.1 Å². The Balaban J connectivity index is 1.51. The Morgan fingerprint density at radius 3 is 2.52 bits per heavy atom. The molecule has 2 aromatic carbocycles. The lowest BCUT2D eigenvalue weighted by Gasteiger charge is -2.24. The number of amides is 2. The number of nitrogens with two attached hydrogens (primary N) is 1. The zero-order chi connectivity index (χ0) is 20.4. The number of nitrogens with one attached hydrogen (secondary N) is 1. The van der Waals surface area contributed by atoms with Gasteiger partial charge in [0.25, 0.3) is 5.91 Å². The van der Waals surface area contributed by atoms with E-state index in [1.807, 2.05) is 12.1 Å². The summed E-state index contributed by atoms with van der Waals surface area (Å²) >= 11 is 0. The number of carbonyl (C=O) groups is 2. The van der Waals surface area contributed by atoms with Gasteiger partial charge in [-0.1, -0.05) is 24.3 Å². The van der Waals surface area contributed by atoms with Crippen molar-refractivity contribution in [1.29, 1.82) is 0 Å². The van der Waals surface area contributed by atoms with Crippen LogP contribution in [0.2, 0.25) is 0 Å². The van der Waals surface area contributed by atoms with Crippen LogP contribution in [0.25, 0.3) is 0 Å². The van der Waals surface area contributed by atoms with Crippen LogP contribution in [-0.4, -0.2) is 36.3 Å². The van der Waals surface area contributed by atoms with Crippen molar-refractivity contribution in [3.05, 3.63) is 71.4 Å². The quantitative estimate of drug-likeness (QED) is 0.757. The molecule has 5 nitrogen and oxygen atoms in total. The molecule has 1 heterocycles. The summed E-state index contributed by atoms with van der Waals surface area (Å²) in [7, 11) is 0. The Morgan fingerprint density at radius 2 is 1.86 bits per heavy atom. The van der Waals surface area contributed by atoms with Crippen LogP contribution < -0.4 is 11.1 Å². The molecule has 1 aliphatic carbocycles. The Bertz CT molecular complexity index is 933. The first kappa shape index (κ1) is 19.6.